The third-order valence-corrected chi connectivity index (χ3v) is 4.30. The molecule has 0 radical (unpaired) electrons. The second-order valence-corrected chi connectivity index (χ2v) is 5.92. The fourth-order valence-electron chi connectivity index (χ4n) is 2.93. The Labute approximate surface area is 143 Å². The number of aliphatic hydroxyl groups is 2. The maximum Gasteiger partial charge on any atom is 0.371 e. The average molecular weight is 350 g/mol. The number of aliphatic hydroxyl groups excluding tert-OH is 2. The highest BCUT2D eigenvalue weighted by atomic mass is 16.7. The van der Waals surface area contributed by atoms with E-state index in [2.05, 4.69) is 4.98 Å². The number of likely N-dealkylation sites (N-methyl/N-ethyl adjacent to an activating group) is 1. The number of aromatic nitrogens is 1. The van der Waals surface area contributed by atoms with Crippen LogP contribution < -0.4 is 0 Å². The molecule has 1 fully saturated rings. The third kappa shape index (κ3) is 3.34. The minimum absolute atomic E-state index is 0.258. The molecule has 1 aromatic heterocycles. The Morgan fingerprint density at radius 3 is 2.84 bits per heavy atom. The molecule has 3 rings (SSSR count). The molecule has 2 aliphatic rings. The lowest BCUT2D eigenvalue weighted by Gasteiger charge is -2.31. The van der Waals surface area contributed by atoms with Gasteiger partial charge in [-0.2, -0.15) is 0 Å². The molecule has 134 valence electrons. The molecule has 0 bridgehead atoms. The third-order valence-electron chi connectivity index (χ3n) is 4.30. The van der Waals surface area contributed by atoms with E-state index in [0.29, 0.717) is 0 Å². The van der Waals surface area contributed by atoms with Crippen LogP contribution in [-0.2, 0) is 19.1 Å². The molecule has 0 spiro atoms. The molecule has 0 aromatic carbocycles. The Bertz CT molecular complexity index is 693. The summed E-state index contributed by atoms with van der Waals surface area (Å²) in [6.07, 6.45) is -0.911. The van der Waals surface area contributed by atoms with Gasteiger partial charge < -0.3 is 29.7 Å². The normalized spacial score (nSPS) is 32.3. The van der Waals surface area contributed by atoms with Crippen molar-refractivity contribution in [3.05, 3.63) is 41.9 Å². The molecular formula is C16H18N2O7. The van der Waals surface area contributed by atoms with E-state index >= 15 is 0 Å². The molecule has 9 nitrogen and oxygen atoms in total. The van der Waals surface area contributed by atoms with Gasteiger partial charge in [0.2, 0.25) is 12.0 Å². The number of carbonyl (C=O) groups excluding carboxylic acids is 1. The maximum absolute atomic E-state index is 12.4. The van der Waals surface area contributed by atoms with Crippen LogP contribution in [0.3, 0.4) is 0 Å². The first-order valence-corrected chi connectivity index (χ1v) is 7.68. The number of rotatable bonds is 4. The molecule has 1 amide bonds. The van der Waals surface area contributed by atoms with Crippen molar-refractivity contribution in [3.63, 3.8) is 0 Å². The fourth-order valence-corrected chi connectivity index (χ4v) is 2.93. The summed E-state index contributed by atoms with van der Waals surface area (Å²) in [5, 5.41) is 28.7. The number of carboxylic acids is 1. The fraction of sp³-hybridized carbons (Fsp3) is 0.438. The number of likely N-dealkylation sites (tertiary alicyclic amines) is 1. The van der Waals surface area contributed by atoms with E-state index in [0.717, 1.165) is 11.6 Å². The van der Waals surface area contributed by atoms with E-state index in [-0.39, 0.29) is 18.4 Å². The van der Waals surface area contributed by atoms with Gasteiger partial charge in [0, 0.05) is 25.9 Å². The number of ether oxygens (including phenoxy) is 2. The van der Waals surface area contributed by atoms with Gasteiger partial charge in [0.25, 0.3) is 5.91 Å². The molecule has 25 heavy (non-hydrogen) atoms. The summed E-state index contributed by atoms with van der Waals surface area (Å²) in [5.41, 5.74) is 0.834. The SMILES string of the molecule is CN1C(=O)[C@H](OC2OC(C(=O)O)=CC(O)C2O)C[C@H]1c1cccnc1. The summed E-state index contributed by atoms with van der Waals surface area (Å²) in [5.74, 6) is -2.27. The van der Waals surface area contributed by atoms with Crippen LogP contribution >= 0.6 is 0 Å². The Hall–Kier alpha value is -2.49. The Kier molecular flexibility index (Phi) is 4.71. The second-order valence-electron chi connectivity index (χ2n) is 5.92. The molecule has 1 saturated heterocycles. The van der Waals surface area contributed by atoms with E-state index in [1.165, 1.54) is 4.90 Å². The van der Waals surface area contributed by atoms with Gasteiger partial charge >= 0.3 is 5.97 Å². The maximum atomic E-state index is 12.4. The molecular weight excluding hydrogens is 332 g/mol. The number of pyridine rings is 1. The van der Waals surface area contributed by atoms with Gasteiger partial charge in [0.15, 0.2) is 0 Å². The summed E-state index contributed by atoms with van der Waals surface area (Å²) in [7, 11) is 1.62. The van der Waals surface area contributed by atoms with Gasteiger partial charge in [-0.25, -0.2) is 4.79 Å². The summed E-state index contributed by atoms with van der Waals surface area (Å²) in [6.45, 7) is 0. The standard InChI is InChI=1S/C16H18N2O7/c1-18-9(8-3-2-4-17-7-8)5-11(14(18)21)24-16-13(20)10(19)6-12(25-16)15(22)23/h2-4,6-7,9-11,13,16,19-20H,5H2,1H3,(H,22,23)/t9-,10?,11+,13?,16?/m0/s1. The largest absolute Gasteiger partial charge is 0.475 e. The van der Waals surface area contributed by atoms with Gasteiger partial charge in [0.1, 0.15) is 18.3 Å². The second kappa shape index (κ2) is 6.79. The van der Waals surface area contributed by atoms with Crippen molar-refractivity contribution in [3.8, 4) is 0 Å². The Morgan fingerprint density at radius 2 is 2.20 bits per heavy atom. The quantitative estimate of drug-likeness (QED) is 0.657. The molecule has 3 N–H and O–H groups in total. The number of nitrogens with zero attached hydrogens (tertiary/aromatic N) is 2. The van der Waals surface area contributed by atoms with Crippen LogP contribution in [-0.4, -0.2) is 68.7 Å². The molecule has 9 heteroatoms. The molecule has 5 atom stereocenters. The van der Waals surface area contributed by atoms with Crippen molar-refractivity contribution in [2.75, 3.05) is 7.05 Å². The molecule has 0 saturated carbocycles. The van der Waals surface area contributed by atoms with Crippen LogP contribution in [0.2, 0.25) is 0 Å². The minimum atomic E-state index is -1.50. The monoisotopic (exact) mass is 350 g/mol. The summed E-state index contributed by atoms with van der Waals surface area (Å²) >= 11 is 0. The lowest BCUT2D eigenvalue weighted by Crippen LogP contribution is -2.46. The average Bonchev–Trinajstić information content (AvgIpc) is 2.87. The molecule has 0 aliphatic carbocycles. The highest BCUT2D eigenvalue weighted by Crippen LogP contribution is 2.34. The zero-order chi connectivity index (χ0) is 18.1. The lowest BCUT2D eigenvalue weighted by atomic mass is 10.1. The van der Waals surface area contributed by atoms with Crippen LogP contribution in [0.5, 0.6) is 0 Å². The lowest BCUT2D eigenvalue weighted by molar-refractivity contribution is -0.223. The summed E-state index contributed by atoms with van der Waals surface area (Å²) < 4.78 is 10.6. The first-order chi connectivity index (χ1) is 11.9. The predicted molar refractivity (Wildman–Crippen MR) is 81.8 cm³/mol. The van der Waals surface area contributed by atoms with Crippen LogP contribution in [0, 0.1) is 0 Å². The molecule has 1 aromatic rings. The smallest absolute Gasteiger partial charge is 0.371 e. The number of aliphatic carboxylic acids is 1. The van der Waals surface area contributed by atoms with Gasteiger partial charge in [-0.05, 0) is 17.7 Å². The highest BCUT2D eigenvalue weighted by Gasteiger charge is 2.44. The summed E-state index contributed by atoms with van der Waals surface area (Å²) in [4.78, 5) is 29.0. The zero-order valence-electron chi connectivity index (χ0n) is 13.3. The number of carboxylic acid groups (broad SMARTS) is 1. The van der Waals surface area contributed by atoms with E-state index in [1.54, 1.807) is 25.5 Å². The van der Waals surface area contributed by atoms with Crippen LogP contribution in [0.25, 0.3) is 0 Å². The predicted octanol–water partition coefficient (Wildman–Crippen LogP) is -0.583. The van der Waals surface area contributed by atoms with Gasteiger partial charge in [-0.1, -0.05) is 6.07 Å². The molecule has 3 heterocycles. The van der Waals surface area contributed by atoms with Crippen LogP contribution in [0.15, 0.2) is 36.4 Å². The van der Waals surface area contributed by atoms with Gasteiger partial charge in [-0.3, -0.25) is 9.78 Å². The molecule has 3 unspecified atom stereocenters. The van der Waals surface area contributed by atoms with E-state index in [9.17, 15) is 19.8 Å². The van der Waals surface area contributed by atoms with Crippen molar-refractivity contribution >= 4 is 11.9 Å². The van der Waals surface area contributed by atoms with Crippen molar-refractivity contribution in [2.24, 2.45) is 0 Å². The van der Waals surface area contributed by atoms with Gasteiger partial charge in [-0.15, -0.1) is 0 Å². The number of amides is 1. The molecule has 2 aliphatic heterocycles. The highest BCUT2D eigenvalue weighted by molar-refractivity contribution is 5.85. The number of carbonyl (C=O) groups is 2. The first kappa shape index (κ1) is 17.3. The topological polar surface area (TPSA) is 129 Å². The Morgan fingerprint density at radius 1 is 1.44 bits per heavy atom. The van der Waals surface area contributed by atoms with Crippen molar-refractivity contribution in [2.45, 2.75) is 37.1 Å². The van der Waals surface area contributed by atoms with Crippen molar-refractivity contribution < 1.29 is 34.4 Å². The van der Waals surface area contributed by atoms with E-state index in [4.69, 9.17) is 14.6 Å². The zero-order valence-corrected chi connectivity index (χ0v) is 13.3. The Balaban J connectivity index is 1.74. The van der Waals surface area contributed by atoms with Gasteiger partial charge in [0.05, 0.1) is 6.04 Å². The van der Waals surface area contributed by atoms with Crippen LogP contribution in [0.1, 0.15) is 18.0 Å². The summed E-state index contributed by atoms with van der Waals surface area (Å²) in [6, 6.07) is 3.34. The first-order valence-electron chi connectivity index (χ1n) is 7.68. The van der Waals surface area contributed by atoms with Crippen LogP contribution in [0.4, 0.5) is 0 Å². The number of hydrogen-bond donors (Lipinski definition) is 3. The van der Waals surface area contributed by atoms with Crippen molar-refractivity contribution in [1.82, 2.24) is 9.88 Å². The van der Waals surface area contributed by atoms with E-state index < -0.39 is 36.3 Å². The van der Waals surface area contributed by atoms with E-state index in [1.807, 2.05) is 6.07 Å². The minimum Gasteiger partial charge on any atom is -0.475 e. The number of hydrogen-bond acceptors (Lipinski definition) is 7. The van der Waals surface area contributed by atoms with Crippen molar-refractivity contribution in [1.29, 1.82) is 0 Å².